The summed E-state index contributed by atoms with van der Waals surface area (Å²) in [4.78, 5) is 4.54. The number of nitrogens with zero attached hydrogens (tertiary/aromatic N) is 3. The van der Waals surface area contributed by atoms with E-state index < -0.39 is 0 Å². The standard InChI is InChI=1S/C16H11N3O2/c1-2-6-12(7-3-1)19-16(14-9-5-11-21-14)17-15(18-19)13-8-4-10-20-13/h1-11H. The van der Waals surface area contributed by atoms with Gasteiger partial charge in [-0.3, -0.25) is 0 Å². The van der Waals surface area contributed by atoms with Crippen LogP contribution >= 0.6 is 0 Å². The fourth-order valence-corrected chi connectivity index (χ4v) is 2.14. The van der Waals surface area contributed by atoms with Crippen LogP contribution in [-0.2, 0) is 0 Å². The lowest BCUT2D eigenvalue weighted by atomic mass is 10.3. The summed E-state index contributed by atoms with van der Waals surface area (Å²) in [5, 5.41) is 4.53. The molecule has 0 unspecified atom stereocenters. The van der Waals surface area contributed by atoms with Crippen LogP contribution in [0, 0.1) is 0 Å². The molecule has 5 nitrogen and oxygen atoms in total. The first-order valence-electron chi connectivity index (χ1n) is 6.52. The molecule has 0 spiro atoms. The van der Waals surface area contributed by atoms with Crippen molar-refractivity contribution in [1.82, 2.24) is 14.8 Å². The van der Waals surface area contributed by atoms with Crippen LogP contribution in [0.3, 0.4) is 0 Å². The molecule has 0 N–H and O–H groups in total. The largest absolute Gasteiger partial charge is 0.461 e. The number of para-hydroxylation sites is 1. The highest BCUT2D eigenvalue weighted by atomic mass is 16.3. The maximum Gasteiger partial charge on any atom is 0.218 e. The molecule has 0 aliphatic rings. The molecule has 0 aliphatic heterocycles. The first-order chi connectivity index (χ1) is 10.4. The highest BCUT2D eigenvalue weighted by molar-refractivity contribution is 5.57. The van der Waals surface area contributed by atoms with Gasteiger partial charge in [0, 0.05) is 0 Å². The first-order valence-corrected chi connectivity index (χ1v) is 6.52. The van der Waals surface area contributed by atoms with Gasteiger partial charge >= 0.3 is 0 Å². The van der Waals surface area contributed by atoms with Crippen LogP contribution in [0.1, 0.15) is 0 Å². The van der Waals surface area contributed by atoms with Crippen molar-refractivity contribution in [1.29, 1.82) is 0 Å². The lowest BCUT2D eigenvalue weighted by Crippen LogP contribution is -1.98. The smallest absolute Gasteiger partial charge is 0.218 e. The molecule has 0 radical (unpaired) electrons. The molecule has 3 aromatic heterocycles. The molecule has 3 heterocycles. The van der Waals surface area contributed by atoms with Crippen molar-refractivity contribution in [2.45, 2.75) is 0 Å². The van der Waals surface area contributed by atoms with Gasteiger partial charge in [0.05, 0.1) is 18.2 Å². The van der Waals surface area contributed by atoms with Crippen LogP contribution in [0.5, 0.6) is 0 Å². The van der Waals surface area contributed by atoms with Crippen molar-refractivity contribution in [3.05, 3.63) is 67.1 Å². The van der Waals surface area contributed by atoms with E-state index in [4.69, 9.17) is 8.83 Å². The maximum absolute atomic E-state index is 5.46. The van der Waals surface area contributed by atoms with E-state index in [1.54, 1.807) is 17.2 Å². The van der Waals surface area contributed by atoms with E-state index in [-0.39, 0.29) is 0 Å². The molecule has 0 amide bonds. The van der Waals surface area contributed by atoms with Crippen molar-refractivity contribution >= 4 is 0 Å². The molecule has 5 heteroatoms. The topological polar surface area (TPSA) is 57.0 Å². The summed E-state index contributed by atoms with van der Waals surface area (Å²) in [5.41, 5.74) is 0.911. The Bertz CT molecular complexity index is 831. The van der Waals surface area contributed by atoms with E-state index in [0.29, 0.717) is 23.2 Å². The molecule has 0 saturated heterocycles. The molecular formula is C16H11N3O2. The average molecular weight is 277 g/mol. The van der Waals surface area contributed by atoms with Crippen LogP contribution in [0.2, 0.25) is 0 Å². The van der Waals surface area contributed by atoms with Crippen molar-refractivity contribution in [3.63, 3.8) is 0 Å². The summed E-state index contributed by atoms with van der Waals surface area (Å²) in [6, 6.07) is 17.1. The van der Waals surface area contributed by atoms with Crippen LogP contribution in [0.15, 0.2) is 76.0 Å². The Kier molecular flexibility index (Phi) is 2.67. The molecular weight excluding hydrogens is 266 g/mol. The van der Waals surface area contributed by atoms with Gasteiger partial charge in [0.25, 0.3) is 0 Å². The first kappa shape index (κ1) is 11.7. The summed E-state index contributed by atoms with van der Waals surface area (Å²) in [6.45, 7) is 0. The molecule has 0 aliphatic carbocycles. The minimum atomic E-state index is 0.523. The maximum atomic E-state index is 5.46. The summed E-state index contributed by atoms with van der Waals surface area (Å²) in [6.07, 6.45) is 3.22. The van der Waals surface area contributed by atoms with Gasteiger partial charge in [-0.25, -0.2) is 9.67 Å². The van der Waals surface area contributed by atoms with Gasteiger partial charge in [-0.1, -0.05) is 18.2 Å². The SMILES string of the molecule is c1ccc(-n2nc(-c3ccco3)nc2-c2ccco2)cc1. The third-order valence-corrected chi connectivity index (χ3v) is 3.09. The van der Waals surface area contributed by atoms with Gasteiger partial charge in [-0.15, -0.1) is 5.10 Å². The number of hydrogen-bond donors (Lipinski definition) is 0. The Balaban J connectivity index is 1.92. The Labute approximate surface area is 120 Å². The van der Waals surface area contributed by atoms with Crippen molar-refractivity contribution < 1.29 is 8.83 Å². The Morgan fingerprint density at radius 1 is 0.762 bits per heavy atom. The highest BCUT2D eigenvalue weighted by Crippen LogP contribution is 2.25. The molecule has 0 bridgehead atoms. The Morgan fingerprint density at radius 2 is 1.48 bits per heavy atom. The second-order valence-electron chi connectivity index (χ2n) is 4.46. The van der Waals surface area contributed by atoms with Gasteiger partial charge < -0.3 is 8.83 Å². The molecule has 1 aromatic carbocycles. The zero-order valence-electron chi connectivity index (χ0n) is 11.0. The summed E-state index contributed by atoms with van der Waals surface area (Å²) < 4.78 is 12.6. The van der Waals surface area contributed by atoms with Crippen LogP contribution < -0.4 is 0 Å². The molecule has 0 saturated carbocycles. The second kappa shape index (κ2) is 4.79. The average Bonchev–Trinajstić information content (AvgIpc) is 3.27. The van der Waals surface area contributed by atoms with Crippen LogP contribution in [0.4, 0.5) is 0 Å². The summed E-state index contributed by atoms with van der Waals surface area (Å²) in [5.74, 6) is 2.44. The molecule has 0 fully saturated rings. The minimum Gasteiger partial charge on any atom is -0.461 e. The highest BCUT2D eigenvalue weighted by Gasteiger charge is 2.17. The monoisotopic (exact) mass is 277 g/mol. The quantitative estimate of drug-likeness (QED) is 0.571. The Hall–Kier alpha value is -3.08. The second-order valence-corrected chi connectivity index (χ2v) is 4.46. The van der Waals surface area contributed by atoms with Gasteiger partial charge in [0.2, 0.25) is 5.82 Å². The zero-order valence-corrected chi connectivity index (χ0v) is 11.0. The van der Waals surface area contributed by atoms with E-state index in [2.05, 4.69) is 10.1 Å². The molecule has 4 rings (SSSR count). The predicted molar refractivity (Wildman–Crippen MR) is 76.8 cm³/mol. The molecule has 21 heavy (non-hydrogen) atoms. The molecule has 102 valence electrons. The van der Waals surface area contributed by atoms with Crippen LogP contribution in [-0.4, -0.2) is 14.8 Å². The van der Waals surface area contributed by atoms with E-state index >= 15 is 0 Å². The van der Waals surface area contributed by atoms with Crippen LogP contribution in [0.25, 0.3) is 28.9 Å². The number of aromatic nitrogens is 3. The van der Waals surface area contributed by atoms with Crippen molar-refractivity contribution in [3.8, 4) is 28.9 Å². The van der Waals surface area contributed by atoms with E-state index in [9.17, 15) is 0 Å². The number of rotatable bonds is 3. The predicted octanol–water partition coefficient (Wildman–Crippen LogP) is 3.79. The van der Waals surface area contributed by atoms with Gasteiger partial charge in [0.15, 0.2) is 17.3 Å². The van der Waals surface area contributed by atoms with E-state index in [0.717, 1.165) is 5.69 Å². The van der Waals surface area contributed by atoms with Crippen molar-refractivity contribution in [2.24, 2.45) is 0 Å². The lowest BCUT2D eigenvalue weighted by molar-refractivity contribution is 0.574. The summed E-state index contributed by atoms with van der Waals surface area (Å²) in [7, 11) is 0. The number of hydrogen-bond acceptors (Lipinski definition) is 4. The molecule has 0 atom stereocenters. The normalized spacial score (nSPS) is 10.9. The summed E-state index contributed by atoms with van der Waals surface area (Å²) >= 11 is 0. The van der Waals surface area contributed by atoms with Crippen molar-refractivity contribution in [2.75, 3.05) is 0 Å². The van der Waals surface area contributed by atoms with Gasteiger partial charge in [0.1, 0.15) is 0 Å². The van der Waals surface area contributed by atoms with E-state index in [1.807, 2.05) is 54.6 Å². The zero-order chi connectivity index (χ0) is 14.1. The number of benzene rings is 1. The third-order valence-electron chi connectivity index (χ3n) is 3.09. The molecule has 4 aromatic rings. The van der Waals surface area contributed by atoms with Gasteiger partial charge in [-0.05, 0) is 36.4 Å². The third kappa shape index (κ3) is 2.04. The Morgan fingerprint density at radius 3 is 2.14 bits per heavy atom. The fourth-order valence-electron chi connectivity index (χ4n) is 2.14. The minimum absolute atomic E-state index is 0.523. The van der Waals surface area contributed by atoms with E-state index in [1.165, 1.54) is 0 Å². The number of furan rings is 2. The lowest BCUT2D eigenvalue weighted by Gasteiger charge is -2.02. The fraction of sp³-hybridized carbons (Fsp3) is 0. The van der Waals surface area contributed by atoms with Gasteiger partial charge in [-0.2, -0.15) is 0 Å².